The van der Waals surface area contributed by atoms with Crippen LogP contribution in [0.15, 0.2) is 18.2 Å². The van der Waals surface area contributed by atoms with Gasteiger partial charge in [0.05, 0.1) is 27.2 Å². The third-order valence-electron chi connectivity index (χ3n) is 4.61. The maximum Gasteiger partial charge on any atom is 0.306 e. The average Bonchev–Trinajstić information content (AvgIpc) is 2.72. The Bertz CT molecular complexity index is 676. The second-order valence-corrected chi connectivity index (χ2v) is 6.54. The molecule has 0 atom stereocenters. The van der Waals surface area contributed by atoms with E-state index in [0.717, 1.165) is 0 Å². The van der Waals surface area contributed by atoms with Gasteiger partial charge >= 0.3 is 5.97 Å². The van der Waals surface area contributed by atoms with E-state index in [1.165, 1.54) is 0 Å². The minimum Gasteiger partial charge on any atom is -0.497 e. The quantitative estimate of drug-likeness (QED) is 0.678. The van der Waals surface area contributed by atoms with E-state index in [-0.39, 0.29) is 36.7 Å². The van der Waals surface area contributed by atoms with Gasteiger partial charge in [-0.1, -0.05) is 0 Å². The lowest BCUT2D eigenvalue weighted by Gasteiger charge is -2.32. The van der Waals surface area contributed by atoms with Crippen molar-refractivity contribution < 1.29 is 28.6 Å². The zero-order valence-electron chi connectivity index (χ0n) is 16.7. The number of rotatable bonds is 8. The lowest BCUT2D eigenvalue weighted by molar-refractivity contribution is -0.144. The third kappa shape index (κ3) is 6.14. The van der Waals surface area contributed by atoms with Gasteiger partial charge in [0, 0.05) is 37.2 Å². The fraction of sp³-hybridized carbons (Fsp3) is 0.550. The van der Waals surface area contributed by atoms with E-state index in [2.05, 4.69) is 5.32 Å². The van der Waals surface area contributed by atoms with Crippen molar-refractivity contribution in [2.24, 2.45) is 0 Å². The SMILES string of the molecule is CCOC(=O)CCC(=O)NC1CCN(C(=O)c2cc(OC)cc(OC)c2)CC1. The van der Waals surface area contributed by atoms with Crippen LogP contribution in [-0.4, -0.2) is 62.6 Å². The first-order valence-corrected chi connectivity index (χ1v) is 9.44. The summed E-state index contributed by atoms with van der Waals surface area (Å²) < 4.78 is 15.3. The second-order valence-electron chi connectivity index (χ2n) is 6.54. The highest BCUT2D eigenvalue weighted by molar-refractivity contribution is 5.95. The first kappa shape index (κ1) is 21.5. The van der Waals surface area contributed by atoms with E-state index in [0.29, 0.717) is 49.6 Å². The summed E-state index contributed by atoms with van der Waals surface area (Å²) in [5, 5.41) is 2.93. The molecule has 0 unspecified atom stereocenters. The molecule has 0 bridgehead atoms. The molecular weight excluding hydrogens is 364 g/mol. The normalized spacial score (nSPS) is 14.3. The van der Waals surface area contributed by atoms with E-state index >= 15 is 0 Å². The van der Waals surface area contributed by atoms with Crippen molar-refractivity contribution in [1.82, 2.24) is 10.2 Å². The topological polar surface area (TPSA) is 94.2 Å². The van der Waals surface area contributed by atoms with Crippen molar-refractivity contribution in [3.63, 3.8) is 0 Å². The zero-order valence-corrected chi connectivity index (χ0v) is 16.7. The summed E-state index contributed by atoms with van der Waals surface area (Å²) in [6.45, 7) is 3.13. The van der Waals surface area contributed by atoms with Crippen LogP contribution >= 0.6 is 0 Å². The number of piperidine rings is 1. The monoisotopic (exact) mass is 392 g/mol. The van der Waals surface area contributed by atoms with Crippen LogP contribution in [0, 0.1) is 0 Å². The van der Waals surface area contributed by atoms with Crippen LogP contribution in [0.25, 0.3) is 0 Å². The number of ether oxygens (including phenoxy) is 3. The van der Waals surface area contributed by atoms with E-state index in [1.54, 1.807) is 44.2 Å². The molecule has 1 aromatic rings. The van der Waals surface area contributed by atoms with Crippen molar-refractivity contribution >= 4 is 17.8 Å². The van der Waals surface area contributed by atoms with Gasteiger partial charge < -0.3 is 24.4 Å². The maximum absolute atomic E-state index is 12.8. The maximum atomic E-state index is 12.8. The molecule has 8 heteroatoms. The second kappa shape index (κ2) is 10.5. The van der Waals surface area contributed by atoms with Crippen LogP contribution in [0.1, 0.15) is 43.0 Å². The fourth-order valence-electron chi connectivity index (χ4n) is 3.09. The van der Waals surface area contributed by atoms with Gasteiger partial charge in [-0.3, -0.25) is 14.4 Å². The minimum absolute atomic E-state index is 0.00130. The van der Waals surface area contributed by atoms with Crippen molar-refractivity contribution in [3.8, 4) is 11.5 Å². The molecule has 0 aromatic heterocycles. The molecular formula is C20H28N2O6. The van der Waals surface area contributed by atoms with Crippen molar-refractivity contribution in [2.75, 3.05) is 33.9 Å². The highest BCUT2D eigenvalue weighted by Gasteiger charge is 2.25. The van der Waals surface area contributed by atoms with Crippen LogP contribution in [0.4, 0.5) is 0 Å². The molecule has 2 amide bonds. The van der Waals surface area contributed by atoms with E-state index in [1.807, 2.05) is 0 Å². The van der Waals surface area contributed by atoms with Crippen molar-refractivity contribution in [2.45, 2.75) is 38.6 Å². The van der Waals surface area contributed by atoms with Crippen LogP contribution < -0.4 is 14.8 Å². The van der Waals surface area contributed by atoms with Crippen molar-refractivity contribution in [1.29, 1.82) is 0 Å². The molecule has 1 aromatic carbocycles. The minimum atomic E-state index is -0.369. The van der Waals surface area contributed by atoms with Crippen LogP contribution in [0.2, 0.25) is 0 Å². The summed E-state index contributed by atoms with van der Waals surface area (Å²) in [5.74, 6) is 0.490. The smallest absolute Gasteiger partial charge is 0.306 e. The highest BCUT2D eigenvalue weighted by Crippen LogP contribution is 2.24. The molecule has 0 saturated carbocycles. The lowest BCUT2D eigenvalue weighted by atomic mass is 10.0. The third-order valence-corrected chi connectivity index (χ3v) is 4.61. The molecule has 0 aliphatic carbocycles. The Labute approximate surface area is 165 Å². The number of carbonyl (C=O) groups excluding carboxylic acids is 3. The number of hydrogen-bond donors (Lipinski definition) is 1. The zero-order chi connectivity index (χ0) is 20.5. The van der Waals surface area contributed by atoms with E-state index in [9.17, 15) is 14.4 Å². The Morgan fingerprint density at radius 3 is 2.18 bits per heavy atom. The van der Waals surface area contributed by atoms with Crippen LogP contribution in [0.3, 0.4) is 0 Å². The molecule has 1 saturated heterocycles. The summed E-state index contributed by atoms with van der Waals surface area (Å²) in [6.07, 6.45) is 1.52. The molecule has 1 heterocycles. The molecule has 1 fully saturated rings. The van der Waals surface area contributed by atoms with Crippen LogP contribution in [-0.2, 0) is 14.3 Å². The lowest BCUT2D eigenvalue weighted by Crippen LogP contribution is -2.46. The Balaban J connectivity index is 1.84. The first-order valence-electron chi connectivity index (χ1n) is 9.44. The van der Waals surface area contributed by atoms with Gasteiger partial charge in [-0.2, -0.15) is 0 Å². The first-order chi connectivity index (χ1) is 13.5. The Hall–Kier alpha value is -2.77. The molecule has 1 N–H and O–H groups in total. The molecule has 154 valence electrons. The predicted molar refractivity (Wildman–Crippen MR) is 102 cm³/mol. The van der Waals surface area contributed by atoms with Gasteiger partial charge in [0.15, 0.2) is 0 Å². The summed E-state index contributed by atoms with van der Waals surface area (Å²) in [4.78, 5) is 37.8. The Morgan fingerprint density at radius 1 is 1.04 bits per heavy atom. The van der Waals surface area contributed by atoms with E-state index < -0.39 is 0 Å². The fourth-order valence-corrected chi connectivity index (χ4v) is 3.09. The standard InChI is InChI=1S/C20H28N2O6/c1-4-28-19(24)6-5-18(23)21-15-7-9-22(10-8-15)20(25)14-11-16(26-2)13-17(12-14)27-3/h11-13,15H,4-10H2,1-3H3,(H,21,23). The highest BCUT2D eigenvalue weighted by atomic mass is 16.5. The number of carbonyl (C=O) groups is 3. The molecule has 0 radical (unpaired) electrons. The molecule has 28 heavy (non-hydrogen) atoms. The van der Waals surface area contributed by atoms with Gasteiger partial charge in [0.1, 0.15) is 11.5 Å². The number of methoxy groups -OCH3 is 2. The number of likely N-dealkylation sites (tertiary alicyclic amines) is 1. The number of nitrogens with zero attached hydrogens (tertiary/aromatic N) is 1. The molecule has 1 aliphatic heterocycles. The number of amides is 2. The molecule has 0 spiro atoms. The molecule has 2 rings (SSSR count). The van der Waals surface area contributed by atoms with Gasteiger partial charge in [-0.25, -0.2) is 0 Å². The van der Waals surface area contributed by atoms with Crippen LogP contribution in [0.5, 0.6) is 11.5 Å². The number of esters is 1. The van der Waals surface area contributed by atoms with Gasteiger partial charge in [0.25, 0.3) is 5.91 Å². The van der Waals surface area contributed by atoms with E-state index in [4.69, 9.17) is 14.2 Å². The Kier molecular flexibility index (Phi) is 8.10. The van der Waals surface area contributed by atoms with Gasteiger partial charge in [0.2, 0.25) is 5.91 Å². The largest absolute Gasteiger partial charge is 0.497 e. The average molecular weight is 392 g/mol. The summed E-state index contributed by atoms with van der Waals surface area (Å²) >= 11 is 0. The number of hydrogen-bond acceptors (Lipinski definition) is 6. The van der Waals surface area contributed by atoms with Gasteiger partial charge in [-0.15, -0.1) is 0 Å². The Morgan fingerprint density at radius 2 is 1.64 bits per heavy atom. The predicted octanol–water partition coefficient (Wildman–Crippen LogP) is 1.77. The molecule has 8 nitrogen and oxygen atoms in total. The summed E-state index contributed by atoms with van der Waals surface area (Å²) in [7, 11) is 3.08. The summed E-state index contributed by atoms with van der Waals surface area (Å²) in [6, 6.07) is 5.09. The van der Waals surface area contributed by atoms with Gasteiger partial charge in [-0.05, 0) is 31.9 Å². The number of benzene rings is 1. The summed E-state index contributed by atoms with van der Waals surface area (Å²) in [5.41, 5.74) is 0.508. The van der Waals surface area contributed by atoms with Crippen molar-refractivity contribution in [3.05, 3.63) is 23.8 Å². The number of nitrogens with one attached hydrogen (secondary N) is 1. The molecule has 1 aliphatic rings.